The summed E-state index contributed by atoms with van der Waals surface area (Å²) < 4.78 is 6.32. The van der Waals surface area contributed by atoms with Crippen LogP contribution >= 0.6 is 22.9 Å². The van der Waals surface area contributed by atoms with Crippen molar-refractivity contribution in [3.8, 4) is 0 Å². The van der Waals surface area contributed by atoms with Crippen LogP contribution in [0.4, 0.5) is 0 Å². The second-order valence-corrected chi connectivity index (χ2v) is 12.2. The standard InChI is InChI=1S/C31H37ClN4O4S/c32-26-23-11-4-5-12-25(23)41-27(26)29(38)35-31(13-6-7-14-31)30(39)34-24(21-22-9-2-1-3-10-22)28(37)33-15-8-16-36-17-19-40-20-18-36/h1-5,9-12,24H,6-8,13-21H2,(H,33,37)(H,34,39)(H,35,38)/t24-/m1/s1. The normalized spacial score (nSPS) is 17.7. The van der Waals surface area contributed by atoms with Gasteiger partial charge in [-0.15, -0.1) is 11.3 Å². The fourth-order valence-corrected chi connectivity index (χ4v) is 7.05. The molecule has 2 heterocycles. The van der Waals surface area contributed by atoms with Gasteiger partial charge in [-0.05, 0) is 37.4 Å². The Labute approximate surface area is 249 Å². The van der Waals surface area contributed by atoms with Crippen molar-refractivity contribution in [1.29, 1.82) is 0 Å². The lowest BCUT2D eigenvalue weighted by atomic mass is 9.94. The fraction of sp³-hybridized carbons (Fsp3) is 0.452. The van der Waals surface area contributed by atoms with Gasteiger partial charge in [0.1, 0.15) is 16.5 Å². The first-order valence-corrected chi connectivity index (χ1v) is 15.6. The molecule has 41 heavy (non-hydrogen) atoms. The van der Waals surface area contributed by atoms with Crippen LogP contribution in [0.15, 0.2) is 54.6 Å². The molecule has 218 valence electrons. The SMILES string of the molecule is O=C(NC1(C(=O)N[C@H](Cc2ccccc2)C(=O)NCCCN2CCOCC2)CCCC1)c1sc2ccccc2c1Cl. The van der Waals surface area contributed by atoms with E-state index in [1.54, 1.807) is 0 Å². The molecule has 0 unspecified atom stereocenters. The molecule has 3 amide bonds. The number of rotatable bonds is 11. The summed E-state index contributed by atoms with van der Waals surface area (Å²) in [5, 5.41) is 10.3. The summed E-state index contributed by atoms with van der Waals surface area (Å²) in [5.74, 6) is -0.915. The van der Waals surface area contributed by atoms with Crippen molar-refractivity contribution in [2.45, 2.75) is 50.1 Å². The maximum atomic E-state index is 13.9. The molecule has 1 aliphatic heterocycles. The van der Waals surface area contributed by atoms with Crippen LogP contribution in [0.5, 0.6) is 0 Å². The third-order valence-electron chi connectivity index (χ3n) is 7.94. The largest absolute Gasteiger partial charge is 0.379 e. The first-order valence-electron chi connectivity index (χ1n) is 14.4. The number of fused-ring (bicyclic) bond motifs is 1. The molecule has 1 aromatic heterocycles. The molecule has 0 spiro atoms. The highest BCUT2D eigenvalue weighted by Gasteiger charge is 2.44. The maximum Gasteiger partial charge on any atom is 0.263 e. The Morgan fingerprint density at radius 1 is 1.00 bits per heavy atom. The molecular formula is C31H37ClN4O4S. The zero-order valence-corrected chi connectivity index (χ0v) is 24.7. The topological polar surface area (TPSA) is 99.8 Å². The van der Waals surface area contributed by atoms with Gasteiger partial charge in [-0.1, -0.05) is 73.0 Å². The monoisotopic (exact) mass is 596 g/mol. The van der Waals surface area contributed by atoms with Crippen LogP contribution in [0.2, 0.25) is 5.02 Å². The summed E-state index contributed by atoms with van der Waals surface area (Å²) in [6, 6.07) is 16.5. The molecule has 0 radical (unpaired) electrons. The molecule has 0 bridgehead atoms. The number of nitrogens with zero attached hydrogens (tertiary/aromatic N) is 1. The quantitative estimate of drug-likeness (QED) is 0.289. The fourth-order valence-electron chi connectivity index (χ4n) is 5.64. The molecule has 8 nitrogen and oxygen atoms in total. The van der Waals surface area contributed by atoms with Gasteiger partial charge in [0, 0.05) is 36.1 Å². The summed E-state index contributed by atoms with van der Waals surface area (Å²) in [7, 11) is 0. The zero-order chi connectivity index (χ0) is 28.7. The molecule has 2 aromatic carbocycles. The first kappa shape index (κ1) is 29.5. The van der Waals surface area contributed by atoms with E-state index in [0.717, 1.165) is 67.8 Å². The Bertz CT molecular complexity index is 1350. The number of amides is 3. The molecule has 1 atom stereocenters. The Morgan fingerprint density at radius 2 is 1.71 bits per heavy atom. The first-order chi connectivity index (χ1) is 19.9. The average Bonchev–Trinajstić information content (AvgIpc) is 3.61. The highest BCUT2D eigenvalue weighted by molar-refractivity contribution is 7.21. The molecular weight excluding hydrogens is 560 g/mol. The lowest BCUT2D eigenvalue weighted by molar-refractivity contribution is -0.132. The molecule has 3 aromatic rings. The molecule has 5 rings (SSSR count). The highest BCUT2D eigenvalue weighted by Crippen LogP contribution is 2.37. The van der Waals surface area contributed by atoms with E-state index in [1.807, 2.05) is 54.6 Å². The van der Waals surface area contributed by atoms with E-state index in [4.69, 9.17) is 16.3 Å². The number of morpholine rings is 1. The molecule has 3 N–H and O–H groups in total. The van der Waals surface area contributed by atoms with Gasteiger partial charge >= 0.3 is 0 Å². The lowest BCUT2D eigenvalue weighted by Gasteiger charge is -2.31. The van der Waals surface area contributed by atoms with E-state index in [0.29, 0.717) is 35.7 Å². The van der Waals surface area contributed by atoms with Gasteiger partial charge in [-0.2, -0.15) is 0 Å². The molecule has 1 saturated heterocycles. The second-order valence-electron chi connectivity index (χ2n) is 10.8. The number of hydrogen-bond donors (Lipinski definition) is 3. The summed E-state index contributed by atoms with van der Waals surface area (Å²) >= 11 is 7.89. The van der Waals surface area contributed by atoms with Crippen molar-refractivity contribution in [3.05, 3.63) is 70.1 Å². The second kappa shape index (κ2) is 13.8. The van der Waals surface area contributed by atoms with Crippen molar-refractivity contribution in [3.63, 3.8) is 0 Å². The van der Waals surface area contributed by atoms with Crippen LogP contribution in [0.25, 0.3) is 10.1 Å². The Morgan fingerprint density at radius 3 is 2.44 bits per heavy atom. The predicted octanol–water partition coefficient (Wildman–Crippen LogP) is 4.16. The van der Waals surface area contributed by atoms with Crippen molar-refractivity contribution in [2.24, 2.45) is 0 Å². The van der Waals surface area contributed by atoms with Crippen LogP contribution in [0, 0.1) is 0 Å². The van der Waals surface area contributed by atoms with Gasteiger partial charge in [-0.3, -0.25) is 19.3 Å². The number of thiophene rings is 1. The molecule has 10 heteroatoms. The van der Waals surface area contributed by atoms with Crippen LogP contribution in [-0.2, 0) is 20.7 Å². The minimum atomic E-state index is -1.10. The zero-order valence-electron chi connectivity index (χ0n) is 23.1. The van der Waals surface area contributed by atoms with E-state index < -0.39 is 11.6 Å². The number of benzene rings is 2. The van der Waals surface area contributed by atoms with Gasteiger partial charge in [-0.25, -0.2) is 0 Å². The minimum Gasteiger partial charge on any atom is -0.379 e. The molecule has 2 aliphatic rings. The Balaban J connectivity index is 1.27. The van der Waals surface area contributed by atoms with Crippen molar-refractivity contribution < 1.29 is 19.1 Å². The molecule has 1 aliphatic carbocycles. The van der Waals surface area contributed by atoms with Crippen LogP contribution < -0.4 is 16.0 Å². The average molecular weight is 597 g/mol. The number of ether oxygens (including phenoxy) is 1. The van der Waals surface area contributed by atoms with E-state index in [2.05, 4.69) is 20.9 Å². The Hall–Kier alpha value is -2.98. The summed E-state index contributed by atoms with van der Waals surface area (Å²) in [5.41, 5.74) is -0.148. The molecule has 1 saturated carbocycles. The predicted molar refractivity (Wildman–Crippen MR) is 162 cm³/mol. The van der Waals surface area contributed by atoms with Crippen molar-refractivity contribution >= 4 is 50.7 Å². The van der Waals surface area contributed by atoms with Crippen molar-refractivity contribution in [2.75, 3.05) is 39.4 Å². The van der Waals surface area contributed by atoms with Gasteiger partial charge in [0.05, 0.1) is 18.2 Å². The van der Waals surface area contributed by atoms with Gasteiger partial charge in [0.2, 0.25) is 11.8 Å². The van der Waals surface area contributed by atoms with Crippen LogP contribution in [0.1, 0.15) is 47.3 Å². The Kier molecular flexibility index (Phi) is 9.92. The third-order valence-corrected chi connectivity index (χ3v) is 9.62. The van der Waals surface area contributed by atoms with Gasteiger partial charge in [0.15, 0.2) is 0 Å². The van der Waals surface area contributed by atoms with E-state index in [9.17, 15) is 14.4 Å². The maximum absolute atomic E-state index is 13.9. The number of nitrogens with one attached hydrogen (secondary N) is 3. The molecule has 2 fully saturated rings. The smallest absolute Gasteiger partial charge is 0.263 e. The summed E-state index contributed by atoms with van der Waals surface area (Å²) in [6.07, 6.45) is 3.80. The third kappa shape index (κ3) is 7.27. The number of hydrogen-bond acceptors (Lipinski definition) is 6. The van der Waals surface area contributed by atoms with E-state index in [-0.39, 0.29) is 17.7 Å². The summed E-state index contributed by atoms with van der Waals surface area (Å²) in [6.45, 7) is 4.69. The van der Waals surface area contributed by atoms with Gasteiger partial charge < -0.3 is 20.7 Å². The van der Waals surface area contributed by atoms with Crippen LogP contribution in [0.3, 0.4) is 0 Å². The number of halogens is 1. The van der Waals surface area contributed by atoms with Crippen molar-refractivity contribution in [1.82, 2.24) is 20.9 Å². The minimum absolute atomic E-state index is 0.226. The number of carbonyl (C=O) groups excluding carboxylic acids is 3. The van der Waals surface area contributed by atoms with Crippen LogP contribution in [-0.4, -0.2) is 73.6 Å². The number of carbonyl (C=O) groups is 3. The van der Waals surface area contributed by atoms with E-state index in [1.165, 1.54) is 11.3 Å². The summed E-state index contributed by atoms with van der Waals surface area (Å²) in [4.78, 5) is 43.4. The van der Waals surface area contributed by atoms with Gasteiger partial charge in [0.25, 0.3) is 5.91 Å². The highest BCUT2D eigenvalue weighted by atomic mass is 35.5. The van der Waals surface area contributed by atoms with E-state index >= 15 is 0 Å². The lowest BCUT2D eigenvalue weighted by Crippen LogP contribution is -2.61.